The van der Waals surface area contributed by atoms with Crippen LogP contribution in [0.2, 0.25) is 5.02 Å². The van der Waals surface area contributed by atoms with Gasteiger partial charge >= 0.3 is 0 Å². The van der Waals surface area contributed by atoms with Crippen LogP contribution in [0, 0.1) is 5.82 Å². The topological polar surface area (TPSA) is 21.3 Å². The Morgan fingerprint density at radius 3 is 2.81 bits per heavy atom. The number of benzene rings is 2. The van der Waals surface area contributed by atoms with Gasteiger partial charge in [-0.15, -0.1) is 0 Å². The zero-order chi connectivity index (χ0) is 15.2. The maximum Gasteiger partial charge on any atom is 0.125 e. The number of hydrogen-bond acceptors (Lipinski definition) is 2. The molecule has 0 saturated heterocycles. The molecule has 0 heterocycles. The first-order chi connectivity index (χ1) is 10.1. The van der Waals surface area contributed by atoms with Gasteiger partial charge in [0.15, 0.2) is 0 Å². The molecule has 0 bridgehead atoms. The summed E-state index contributed by atoms with van der Waals surface area (Å²) in [5.41, 5.74) is 1.55. The van der Waals surface area contributed by atoms with Crippen molar-refractivity contribution in [1.29, 1.82) is 0 Å². The van der Waals surface area contributed by atoms with Crippen LogP contribution in [-0.2, 0) is 6.54 Å². The minimum absolute atomic E-state index is 0.321. The lowest BCUT2D eigenvalue weighted by molar-refractivity contribution is 0.314. The summed E-state index contributed by atoms with van der Waals surface area (Å²) in [5, 5.41) is 3.63. The summed E-state index contributed by atoms with van der Waals surface area (Å²) in [6.07, 6.45) is 0.943. The number of anilines is 1. The third-order valence-corrected chi connectivity index (χ3v) is 3.70. The van der Waals surface area contributed by atoms with Crippen molar-refractivity contribution in [2.45, 2.75) is 19.9 Å². The van der Waals surface area contributed by atoms with Gasteiger partial charge in [-0.1, -0.05) is 34.5 Å². The Morgan fingerprint density at radius 1 is 1.24 bits per heavy atom. The van der Waals surface area contributed by atoms with Crippen molar-refractivity contribution in [1.82, 2.24) is 0 Å². The predicted molar refractivity (Wildman–Crippen MR) is 88.7 cm³/mol. The number of hydrogen-bond donors (Lipinski definition) is 1. The highest BCUT2D eigenvalue weighted by molar-refractivity contribution is 9.10. The van der Waals surface area contributed by atoms with Crippen LogP contribution in [-0.4, -0.2) is 6.61 Å². The molecule has 0 aliphatic rings. The van der Waals surface area contributed by atoms with Crippen molar-refractivity contribution in [3.8, 4) is 5.75 Å². The standard InChI is InChI=1S/C16H16BrClFNO/c1-2-7-21-16-6-3-12(17)8-11(16)10-20-15-9-13(19)4-5-14(15)18/h3-6,8-9,20H,2,7,10H2,1H3. The Morgan fingerprint density at radius 2 is 2.05 bits per heavy atom. The number of rotatable bonds is 6. The van der Waals surface area contributed by atoms with Gasteiger partial charge in [0, 0.05) is 16.6 Å². The molecular formula is C16H16BrClFNO. The fourth-order valence-electron chi connectivity index (χ4n) is 1.86. The highest BCUT2D eigenvalue weighted by atomic mass is 79.9. The van der Waals surface area contributed by atoms with Gasteiger partial charge in [0.2, 0.25) is 0 Å². The van der Waals surface area contributed by atoms with Crippen molar-refractivity contribution in [2.75, 3.05) is 11.9 Å². The summed E-state index contributed by atoms with van der Waals surface area (Å²) in [4.78, 5) is 0. The minimum atomic E-state index is -0.321. The summed E-state index contributed by atoms with van der Waals surface area (Å²) in [5.74, 6) is 0.499. The third-order valence-electron chi connectivity index (χ3n) is 2.88. The number of nitrogens with one attached hydrogen (secondary N) is 1. The molecule has 2 aromatic rings. The average molecular weight is 373 g/mol. The van der Waals surface area contributed by atoms with Gasteiger partial charge in [-0.2, -0.15) is 0 Å². The van der Waals surface area contributed by atoms with E-state index >= 15 is 0 Å². The summed E-state index contributed by atoms with van der Waals surface area (Å²) in [6.45, 7) is 3.22. The molecule has 0 aliphatic heterocycles. The van der Waals surface area contributed by atoms with E-state index in [0.29, 0.717) is 23.9 Å². The summed E-state index contributed by atoms with van der Waals surface area (Å²) in [6, 6.07) is 10.1. The lowest BCUT2D eigenvalue weighted by atomic mass is 10.2. The molecule has 5 heteroatoms. The van der Waals surface area contributed by atoms with E-state index in [4.69, 9.17) is 16.3 Å². The van der Waals surface area contributed by atoms with Gasteiger partial charge in [0.25, 0.3) is 0 Å². The van der Waals surface area contributed by atoms with Gasteiger partial charge in [-0.3, -0.25) is 0 Å². The van der Waals surface area contributed by atoms with E-state index in [0.717, 1.165) is 22.2 Å². The molecule has 0 unspecified atom stereocenters. The molecule has 0 aliphatic carbocycles. The van der Waals surface area contributed by atoms with Gasteiger partial charge in [0.1, 0.15) is 11.6 Å². The molecule has 0 radical (unpaired) electrons. The van der Waals surface area contributed by atoms with Crippen LogP contribution in [0.25, 0.3) is 0 Å². The van der Waals surface area contributed by atoms with Crippen LogP contribution < -0.4 is 10.1 Å². The molecule has 2 nitrogen and oxygen atoms in total. The average Bonchev–Trinajstić information content (AvgIpc) is 2.47. The van der Waals surface area contributed by atoms with Crippen molar-refractivity contribution in [2.24, 2.45) is 0 Å². The Labute approximate surface area is 137 Å². The predicted octanol–water partition coefficient (Wildman–Crippen LogP) is 5.64. The summed E-state index contributed by atoms with van der Waals surface area (Å²) in [7, 11) is 0. The SMILES string of the molecule is CCCOc1ccc(Br)cc1CNc1cc(F)ccc1Cl. The fraction of sp³-hybridized carbons (Fsp3) is 0.250. The fourth-order valence-corrected chi connectivity index (χ4v) is 2.46. The van der Waals surface area contributed by atoms with Crippen LogP contribution >= 0.6 is 27.5 Å². The quantitative estimate of drug-likeness (QED) is 0.708. The van der Waals surface area contributed by atoms with Crippen LogP contribution in [0.3, 0.4) is 0 Å². The maximum absolute atomic E-state index is 13.3. The van der Waals surface area contributed by atoms with E-state index in [1.165, 1.54) is 18.2 Å². The van der Waals surface area contributed by atoms with E-state index in [1.807, 2.05) is 18.2 Å². The van der Waals surface area contributed by atoms with E-state index in [9.17, 15) is 4.39 Å². The molecule has 0 spiro atoms. The molecule has 2 rings (SSSR count). The van der Waals surface area contributed by atoms with Crippen molar-refractivity contribution >= 4 is 33.2 Å². The van der Waals surface area contributed by atoms with E-state index < -0.39 is 0 Å². The Bertz CT molecular complexity index is 621. The Hall–Kier alpha value is -1.26. The number of halogens is 3. The monoisotopic (exact) mass is 371 g/mol. The second-order valence-corrected chi connectivity index (χ2v) is 5.90. The first-order valence-corrected chi connectivity index (χ1v) is 7.87. The number of ether oxygens (including phenoxy) is 1. The molecule has 21 heavy (non-hydrogen) atoms. The van der Waals surface area contributed by atoms with Gasteiger partial charge < -0.3 is 10.1 Å². The summed E-state index contributed by atoms with van der Waals surface area (Å²) < 4.78 is 19.9. The molecule has 0 amide bonds. The van der Waals surface area contributed by atoms with Crippen LogP contribution in [0.5, 0.6) is 5.75 Å². The first-order valence-electron chi connectivity index (χ1n) is 6.70. The lowest BCUT2D eigenvalue weighted by Crippen LogP contribution is -2.04. The molecule has 0 fully saturated rings. The second kappa shape index (κ2) is 7.66. The molecule has 0 saturated carbocycles. The van der Waals surface area contributed by atoms with E-state index in [-0.39, 0.29) is 5.82 Å². The molecule has 112 valence electrons. The van der Waals surface area contributed by atoms with E-state index in [1.54, 1.807) is 0 Å². The highest BCUT2D eigenvalue weighted by Gasteiger charge is 2.07. The summed E-state index contributed by atoms with van der Waals surface area (Å²) >= 11 is 9.49. The lowest BCUT2D eigenvalue weighted by Gasteiger charge is -2.14. The van der Waals surface area contributed by atoms with Gasteiger partial charge in [-0.05, 0) is 42.8 Å². The minimum Gasteiger partial charge on any atom is -0.493 e. The maximum atomic E-state index is 13.3. The first kappa shape index (κ1) is 16.1. The zero-order valence-electron chi connectivity index (χ0n) is 11.6. The Kier molecular flexibility index (Phi) is 5.88. The van der Waals surface area contributed by atoms with Gasteiger partial charge in [-0.25, -0.2) is 4.39 Å². The molecule has 2 aromatic carbocycles. The largest absolute Gasteiger partial charge is 0.493 e. The molecule has 1 N–H and O–H groups in total. The Balaban J connectivity index is 2.14. The molecule has 0 atom stereocenters. The van der Waals surface area contributed by atoms with Crippen molar-refractivity contribution in [3.63, 3.8) is 0 Å². The smallest absolute Gasteiger partial charge is 0.125 e. The normalized spacial score (nSPS) is 10.5. The van der Waals surface area contributed by atoms with Crippen LogP contribution in [0.4, 0.5) is 10.1 Å². The van der Waals surface area contributed by atoms with Crippen LogP contribution in [0.15, 0.2) is 40.9 Å². The molecular weight excluding hydrogens is 357 g/mol. The zero-order valence-corrected chi connectivity index (χ0v) is 14.0. The van der Waals surface area contributed by atoms with Crippen molar-refractivity contribution in [3.05, 3.63) is 57.3 Å². The van der Waals surface area contributed by atoms with Crippen LogP contribution in [0.1, 0.15) is 18.9 Å². The molecule has 0 aromatic heterocycles. The second-order valence-electron chi connectivity index (χ2n) is 4.58. The van der Waals surface area contributed by atoms with Crippen molar-refractivity contribution < 1.29 is 9.13 Å². The van der Waals surface area contributed by atoms with Gasteiger partial charge in [0.05, 0.1) is 17.3 Å². The highest BCUT2D eigenvalue weighted by Crippen LogP contribution is 2.27. The third kappa shape index (κ3) is 4.61. The van der Waals surface area contributed by atoms with E-state index in [2.05, 4.69) is 28.2 Å².